The van der Waals surface area contributed by atoms with Crippen LogP contribution in [-0.2, 0) is 11.2 Å². The molecule has 0 unspecified atom stereocenters. The van der Waals surface area contributed by atoms with Gasteiger partial charge in [0, 0.05) is 24.2 Å². The number of hydrogen-bond acceptors (Lipinski definition) is 2. The highest BCUT2D eigenvalue weighted by Gasteiger charge is 2.27. The Kier molecular flexibility index (Phi) is 4.66. The van der Waals surface area contributed by atoms with Crippen molar-refractivity contribution in [1.82, 2.24) is 4.98 Å². The highest BCUT2D eigenvalue weighted by Crippen LogP contribution is 2.28. The summed E-state index contributed by atoms with van der Waals surface area (Å²) in [7, 11) is 0. The number of carbonyl (C=O) groups is 1. The number of pyridine rings is 1. The molecule has 0 aliphatic carbocycles. The fourth-order valence-corrected chi connectivity index (χ4v) is 1.75. The van der Waals surface area contributed by atoms with Crippen molar-refractivity contribution in [2.75, 3.05) is 0 Å². The third-order valence-corrected chi connectivity index (χ3v) is 3.60. The molecule has 0 saturated heterocycles. The van der Waals surface area contributed by atoms with Crippen molar-refractivity contribution in [3.8, 4) is 0 Å². The molecule has 88 valence electrons. The van der Waals surface area contributed by atoms with E-state index in [-0.39, 0.29) is 5.41 Å². The number of aryl methyl sites for hydroxylation is 1. The van der Waals surface area contributed by atoms with E-state index in [1.54, 1.807) is 6.20 Å². The average molecular weight is 219 g/mol. The lowest BCUT2D eigenvalue weighted by Crippen LogP contribution is -2.26. The summed E-state index contributed by atoms with van der Waals surface area (Å²) < 4.78 is 0. The van der Waals surface area contributed by atoms with Crippen LogP contribution in [0.1, 0.15) is 45.6 Å². The minimum absolute atomic E-state index is 0.137. The van der Waals surface area contributed by atoms with Crippen molar-refractivity contribution in [2.45, 2.75) is 46.5 Å². The SMILES string of the molecule is CCC(C)(CC)C(=O)CCc1cccnc1. The van der Waals surface area contributed by atoms with Gasteiger partial charge in [0.1, 0.15) is 5.78 Å². The lowest BCUT2D eigenvalue weighted by Gasteiger charge is -2.24. The van der Waals surface area contributed by atoms with Crippen molar-refractivity contribution in [3.05, 3.63) is 30.1 Å². The van der Waals surface area contributed by atoms with Crippen molar-refractivity contribution in [2.24, 2.45) is 5.41 Å². The van der Waals surface area contributed by atoms with Gasteiger partial charge in [-0.15, -0.1) is 0 Å². The van der Waals surface area contributed by atoms with Crippen LogP contribution in [-0.4, -0.2) is 10.8 Å². The first-order valence-corrected chi connectivity index (χ1v) is 6.04. The topological polar surface area (TPSA) is 30.0 Å². The summed E-state index contributed by atoms with van der Waals surface area (Å²) in [6, 6.07) is 3.94. The molecule has 0 aliphatic rings. The van der Waals surface area contributed by atoms with Crippen LogP contribution in [0.3, 0.4) is 0 Å². The minimum atomic E-state index is -0.137. The Hall–Kier alpha value is -1.18. The van der Waals surface area contributed by atoms with Crippen molar-refractivity contribution in [1.29, 1.82) is 0 Å². The van der Waals surface area contributed by atoms with E-state index in [2.05, 4.69) is 25.8 Å². The Morgan fingerprint density at radius 3 is 2.56 bits per heavy atom. The maximum absolute atomic E-state index is 12.1. The lowest BCUT2D eigenvalue weighted by molar-refractivity contribution is -0.128. The second-order valence-electron chi connectivity index (χ2n) is 4.55. The second kappa shape index (κ2) is 5.78. The summed E-state index contributed by atoms with van der Waals surface area (Å²) in [5.41, 5.74) is 1.01. The maximum Gasteiger partial charge on any atom is 0.139 e. The van der Waals surface area contributed by atoms with Crippen LogP contribution in [0.15, 0.2) is 24.5 Å². The van der Waals surface area contributed by atoms with E-state index in [0.717, 1.165) is 24.8 Å². The quantitative estimate of drug-likeness (QED) is 0.734. The highest BCUT2D eigenvalue weighted by molar-refractivity contribution is 5.84. The Morgan fingerprint density at radius 1 is 1.38 bits per heavy atom. The minimum Gasteiger partial charge on any atom is -0.299 e. The second-order valence-corrected chi connectivity index (χ2v) is 4.55. The van der Waals surface area contributed by atoms with Crippen molar-refractivity contribution >= 4 is 5.78 Å². The van der Waals surface area contributed by atoms with E-state index in [1.807, 2.05) is 18.3 Å². The van der Waals surface area contributed by atoms with Crippen molar-refractivity contribution < 1.29 is 4.79 Å². The zero-order valence-electron chi connectivity index (χ0n) is 10.5. The number of hydrogen-bond donors (Lipinski definition) is 0. The smallest absolute Gasteiger partial charge is 0.139 e. The van der Waals surface area contributed by atoms with Gasteiger partial charge in [-0.2, -0.15) is 0 Å². The highest BCUT2D eigenvalue weighted by atomic mass is 16.1. The van der Waals surface area contributed by atoms with Crippen molar-refractivity contribution in [3.63, 3.8) is 0 Å². The number of nitrogens with zero attached hydrogens (tertiary/aromatic N) is 1. The molecular weight excluding hydrogens is 198 g/mol. The van der Waals surface area contributed by atoms with Gasteiger partial charge in [-0.25, -0.2) is 0 Å². The predicted molar refractivity (Wildman–Crippen MR) is 66.3 cm³/mol. The number of ketones is 1. The normalized spacial score (nSPS) is 11.4. The van der Waals surface area contributed by atoms with Crippen LogP contribution >= 0.6 is 0 Å². The van der Waals surface area contributed by atoms with Gasteiger partial charge in [-0.05, 0) is 30.9 Å². The molecule has 1 aromatic rings. The van der Waals surface area contributed by atoms with Gasteiger partial charge in [0.15, 0.2) is 0 Å². The Bertz CT molecular complexity index is 328. The van der Waals surface area contributed by atoms with Gasteiger partial charge in [-0.1, -0.05) is 26.8 Å². The standard InChI is InChI=1S/C14H21NO/c1-4-14(3,5-2)13(16)9-8-12-7-6-10-15-11-12/h6-7,10-11H,4-5,8-9H2,1-3H3. The Balaban J connectivity index is 2.53. The van der Waals surface area contributed by atoms with E-state index in [4.69, 9.17) is 0 Å². The molecule has 0 saturated carbocycles. The molecule has 0 aromatic carbocycles. The molecule has 0 aliphatic heterocycles. The molecule has 0 bridgehead atoms. The third-order valence-electron chi connectivity index (χ3n) is 3.60. The zero-order valence-corrected chi connectivity index (χ0v) is 10.5. The molecule has 16 heavy (non-hydrogen) atoms. The van der Waals surface area contributed by atoms with E-state index in [1.165, 1.54) is 0 Å². The van der Waals surface area contributed by atoms with E-state index < -0.39 is 0 Å². The molecule has 2 nitrogen and oxygen atoms in total. The van der Waals surface area contributed by atoms with Gasteiger partial charge in [-0.3, -0.25) is 9.78 Å². The lowest BCUT2D eigenvalue weighted by atomic mass is 9.78. The molecular formula is C14H21NO. The number of rotatable bonds is 6. The summed E-state index contributed by atoms with van der Waals surface area (Å²) in [6.07, 6.45) is 6.88. The monoisotopic (exact) mass is 219 g/mol. The third kappa shape index (κ3) is 3.16. The van der Waals surface area contributed by atoms with Crippen LogP contribution in [0, 0.1) is 5.41 Å². The molecule has 1 rings (SSSR count). The van der Waals surface area contributed by atoms with Gasteiger partial charge in [0.25, 0.3) is 0 Å². The Labute approximate surface area is 98.1 Å². The maximum atomic E-state index is 12.1. The van der Waals surface area contributed by atoms with Crippen LogP contribution in [0.4, 0.5) is 0 Å². The average Bonchev–Trinajstić information content (AvgIpc) is 2.36. The number of carbonyl (C=O) groups excluding carboxylic acids is 1. The van der Waals surface area contributed by atoms with Gasteiger partial charge >= 0.3 is 0 Å². The van der Waals surface area contributed by atoms with Gasteiger partial charge in [0.05, 0.1) is 0 Å². The van der Waals surface area contributed by atoms with E-state index in [9.17, 15) is 4.79 Å². The largest absolute Gasteiger partial charge is 0.299 e. The van der Waals surface area contributed by atoms with Gasteiger partial charge in [0.2, 0.25) is 0 Å². The summed E-state index contributed by atoms with van der Waals surface area (Å²) in [4.78, 5) is 16.1. The van der Waals surface area contributed by atoms with Crippen LogP contribution in [0.5, 0.6) is 0 Å². The summed E-state index contributed by atoms with van der Waals surface area (Å²) in [5, 5.41) is 0. The molecule has 1 heterocycles. The molecule has 0 atom stereocenters. The molecule has 2 heteroatoms. The molecule has 0 fully saturated rings. The molecule has 0 amide bonds. The Morgan fingerprint density at radius 2 is 2.06 bits per heavy atom. The molecule has 0 radical (unpaired) electrons. The predicted octanol–water partition coefficient (Wildman–Crippen LogP) is 3.41. The van der Waals surface area contributed by atoms with Crippen LogP contribution in [0.25, 0.3) is 0 Å². The van der Waals surface area contributed by atoms with E-state index in [0.29, 0.717) is 12.2 Å². The summed E-state index contributed by atoms with van der Waals surface area (Å²) in [5.74, 6) is 0.376. The molecule has 1 aromatic heterocycles. The number of Topliss-reactive ketones (excluding diaryl/α,β-unsaturated/α-hetero) is 1. The summed E-state index contributed by atoms with van der Waals surface area (Å²) in [6.45, 7) is 6.25. The number of aromatic nitrogens is 1. The van der Waals surface area contributed by atoms with Crippen LogP contribution < -0.4 is 0 Å². The summed E-state index contributed by atoms with van der Waals surface area (Å²) >= 11 is 0. The molecule has 0 N–H and O–H groups in total. The first-order chi connectivity index (χ1) is 7.62. The van der Waals surface area contributed by atoms with E-state index >= 15 is 0 Å². The first-order valence-electron chi connectivity index (χ1n) is 6.04. The van der Waals surface area contributed by atoms with Crippen LogP contribution in [0.2, 0.25) is 0 Å². The molecule has 0 spiro atoms. The fourth-order valence-electron chi connectivity index (χ4n) is 1.75. The van der Waals surface area contributed by atoms with Gasteiger partial charge < -0.3 is 0 Å². The zero-order chi connectivity index (χ0) is 12.0. The first kappa shape index (κ1) is 12.9. The fraction of sp³-hybridized carbons (Fsp3) is 0.571.